The Labute approximate surface area is 67.3 Å². The van der Waals surface area contributed by atoms with Crippen LogP contribution in [0.4, 0.5) is 0 Å². The predicted molar refractivity (Wildman–Crippen MR) is 42.5 cm³/mol. The average Bonchev–Trinajstić information content (AvgIpc) is 2.35. The zero-order valence-electron chi connectivity index (χ0n) is 7.17. The highest BCUT2D eigenvalue weighted by Crippen LogP contribution is 2.22. The molecular formula is C8H15NO2. The Morgan fingerprint density at radius 2 is 2.45 bits per heavy atom. The summed E-state index contributed by atoms with van der Waals surface area (Å²) in [6.07, 6.45) is 1.97. The van der Waals surface area contributed by atoms with Crippen LogP contribution in [0.5, 0.6) is 0 Å². The molecule has 11 heavy (non-hydrogen) atoms. The molecule has 1 saturated heterocycles. The minimum absolute atomic E-state index is 0.0248. The molecule has 3 nitrogen and oxygen atoms in total. The molecule has 1 unspecified atom stereocenters. The maximum Gasteiger partial charge on any atom is 0.133 e. The van der Waals surface area contributed by atoms with Crippen LogP contribution in [0, 0.1) is 0 Å². The van der Waals surface area contributed by atoms with Gasteiger partial charge in [-0.05, 0) is 13.3 Å². The van der Waals surface area contributed by atoms with Gasteiger partial charge in [0.1, 0.15) is 6.29 Å². The van der Waals surface area contributed by atoms with Crippen molar-refractivity contribution in [3.63, 3.8) is 0 Å². The first-order valence-corrected chi connectivity index (χ1v) is 3.91. The van der Waals surface area contributed by atoms with Crippen molar-refractivity contribution < 1.29 is 9.53 Å². The molecule has 1 aliphatic heterocycles. The minimum Gasteiger partial charge on any atom is -0.377 e. The number of hydrogen-bond donors (Lipinski definition) is 0. The van der Waals surface area contributed by atoms with Crippen LogP contribution in [0.1, 0.15) is 13.3 Å². The van der Waals surface area contributed by atoms with Gasteiger partial charge >= 0.3 is 0 Å². The summed E-state index contributed by atoms with van der Waals surface area (Å²) in [4.78, 5) is 12.3. The molecule has 1 atom stereocenters. The van der Waals surface area contributed by atoms with E-state index >= 15 is 0 Å². The van der Waals surface area contributed by atoms with Gasteiger partial charge in [-0.3, -0.25) is 4.90 Å². The molecular weight excluding hydrogens is 142 g/mol. The standard InChI is InChI=1S/C8H15NO2/c1-8(11-2)3-4-9(7-8)5-6-10/h6H,3-5,7H2,1-2H3. The number of carbonyl (C=O) groups is 1. The van der Waals surface area contributed by atoms with Crippen LogP contribution < -0.4 is 0 Å². The van der Waals surface area contributed by atoms with Gasteiger partial charge < -0.3 is 9.53 Å². The monoisotopic (exact) mass is 157 g/mol. The number of ether oxygens (including phenoxy) is 1. The third kappa shape index (κ3) is 2.01. The molecule has 0 saturated carbocycles. The van der Waals surface area contributed by atoms with Crippen molar-refractivity contribution in [2.45, 2.75) is 18.9 Å². The van der Waals surface area contributed by atoms with E-state index < -0.39 is 0 Å². The highest BCUT2D eigenvalue weighted by molar-refractivity contribution is 5.52. The zero-order valence-corrected chi connectivity index (χ0v) is 7.17. The predicted octanol–water partition coefficient (Wildman–Crippen LogP) is 0.296. The van der Waals surface area contributed by atoms with Gasteiger partial charge in [0.2, 0.25) is 0 Å². The molecule has 0 aromatic carbocycles. The minimum atomic E-state index is -0.0248. The van der Waals surface area contributed by atoms with Crippen LogP contribution in [0.25, 0.3) is 0 Å². The molecule has 0 N–H and O–H groups in total. The first kappa shape index (κ1) is 8.68. The van der Waals surface area contributed by atoms with Crippen molar-refractivity contribution in [1.29, 1.82) is 0 Å². The maximum atomic E-state index is 10.2. The van der Waals surface area contributed by atoms with Crippen LogP contribution in [0.2, 0.25) is 0 Å². The largest absolute Gasteiger partial charge is 0.377 e. The van der Waals surface area contributed by atoms with E-state index in [9.17, 15) is 4.79 Å². The quantitative estimate of drug-likeness (QED) is 0.552. The van der Waals surface area contributed by atoms with Crippen LogP contribution in [0.15, 0.2) is 0 Å². The second-order valence-electron chi connectivity index (χ2n) is 3.31. The molecule has 1 heterocycles. The van der Waals surface area contributed by atoms with Gasteiger partial charge in [-0.1, -0.05) is 0 Å². The van der Waals surface area contributed by atoms with Gasteiger partial charge in [0.25, 0.3) is 0 Å². The van der Waals surface area contributed by atoms with Crippen LogP contribution >= 0.6 is 0 Å². The Hall–Kier alpha value is -0.410. The van der Waals surface area contributed by atoms with Crippen LogP contribution in [-0.2, 0) is 9.53 Å². The maximum absolute atomic E-state index is 10.2. The van der Waals surface area contributed by atoms with E-state index in [1.807, 2.05) is 0 Å². The average molecular weight is 157 g/mol. The lowest BCUT2D eigenvalue weighted by molar-refractivity contribution is -0.108. The fraction of sp³-hybridized carbons (Fsp3) is 0.875. The molecule has 0 spiro atoms. The van der Waals surface area contributed by atoms with E-state index in [4.69, 9.17) is 4.74 Å². The Bertz CT molecular complexity index is 149. The fourth-order valence-corrected chi connectivity index (χ4v) is 1.45. The molecule has 0 amide bonds. The summed E-state index contributed by atoms with van der Waals surface area (Å²) in [7, 11) is 1.73. The number of likely N-dealkylation sites (tertiary alicyclic amines) is 1. The number of methoxy groups -OCH3 is 1. The zero-order chi connectivity index (χ0) is 8.32. The second kappa shape index (κ2) is 3.32. The highest BCUT2D eigenvalue weighted by atomic mass is 16.5. The molecule has 3 heteroatoms. The lowest BCUT2D eigenvalue weighted by Crippen LogP contribution is -2.32. The van der Waals surface area contributed by atoms with Crippen molar-refractivity contribution in [2.24, 2.45) is 0 Å². The Morgan fingerprint density at radius 1 is 1.73 bits per heavy atom. The first-order valence-electron chi connectivity index (χ1n) is 3.91. The fourth-order valence-electron chi connectivity index (χ4n) is 1.45. The van der Waals surface area contributed by atoms with E-state index in [0.717, 1.165) is 25.8 Å². The highest BCUT2D eigenvalue weighted by Gasteiger charge is 2.32. The molecule has 0 aliphatic carbocycles. The third-order valence-electron chi connectivity index (χ3n) is 2.34. The summed E-state index contributed by atoms with van der Waals surface area (Å²) < 4.78 is 5.32. The molecule has 0 radical (unpaired) electrons. The second-order valence-corrected chi connectivity index (χ2v) is 3.31. The normalized spacial score (nSPS) is 32.5. The molecule has 1 aliphatic rings. The Balaban J connectivity index is 2.39. The van der Waals surface area contributed by atoms with Gasteiger partial charge in [0, 0.05) is 20.2 Å². The molecule has 0 aromatic heterocycles. The smallest absolute Gasteiger partial charge is 0.133 e. The number of rotatable bonds is 3. The van der Waals surface area contributed by atoms with Crippen LogP contribution in [0.3, 0.4) is 0 Å². The summed E-state index contributed by atoms with van der Waals surface area (Å²) >= 11 is 0. The molecule has 0 aromatic rings. The van der Waals surface area contributed by atoms with Crippen molar-refractivity contribution in [3.05, 3.63) is 0 Å². The van der Waals surface area contributed by atoms with E-state index in [0.29, 0.717) is 6.54 Å². The summed E-state index contributed by atoms with van der Waals surface area (Å²) in [5, 5.41) is 0. The number of carbonyl (C=O) groups excluding carboxylic acids is 1. The van der Waals surface area contributed by atoms with Gasteiger partial charge in [-0.15, -0.1) is 0 Å². The van der Waals surface area contributed by atoms with Crippen LogP contribution in [-0.4, -0.2) is 43.5 Å². The lowest BCUT2D eigenvalue weighted by atomic mass is 10.1. The van der Waals surface area contributed by atoms with Crippen molar-refractivity contribution in [2.75, 3.05) is 26.7 Å². The molecule has 64 valence electrons. The molecule has 1 fully saturated rings. The summed E-state index contributed by atoms with van der Waals surface area (Å²) in [6, 6.07) is 0. The molecule has 0 bridgehead atoms. The van der Waals surface area contributed by atoms with Gasteiger partial charge in [0.05, 0.1) is 12.1 Å². The summed E-state index contributed by atoms with van der Waals surface area (Å²) in [6.45, 7) is 4.47. The Morgan fingerprint density at radius 3 is 2.91 bits per heavy atom. The SMILES string of the molecule is COC1(C)CCN(CC=O)C1. The third-order valence-corrected chi connectivity index (χ3v) is 2.34. The van der Waals surface area contributed by atoms with Gasteiger partial charge in [-0.25, -0.2) is 0 Å². The topological polar surface area (TPSA) is 29.5 Å². The molecule has 1 rings (SSSR count). The lowest BCUT2D eigenvalue weighted by Gasteiger charge is -2.21. The van der Waals surface area contributed by atoms with Crippen molar-refractivity contribution in [1.82, 2.24) is 4.90 Å². The van der Waals surface area contributed by atoms with Crippen molar-refractivity contribution in [3.8, 4) is 0 Å². The Kier molecular flexibility index (Phi) is 2.62. The van der Waals surface area contributed by atoms with E-state index in [2.05, 4.69) is 11.8 Å². The van der Waals surface area contributed by atoms with E-state index in [1.54, 1.807) is 7.11 Å². The summed E-state index contributed by atoms with van der Waals surface area (Å²) in [5.74, 6) is 0. The van der Waals surface area contributed by atoms with Gasteiger partial charge in [0.15, 0.2) is 0 Å². The first-order chi connectivity index (χ1) is 5.20. The number of hydrogen-bond acceptors (Lipinski definition) is 3. The van der Waals surface area contributed by atoms with E-state index in [1.165, 1.54) is 0 Å². The number of aldehydes is 1. The van der Waals surface area contributed by atoms with E-state index in [-0.39, 0.29) is 5.60 Å². The van der Waals surface area contributed by atoms with Gasteiger partial charge in [-0.2, -0.15) is 0 Å². The van der Waals surface area contributed by atoms with Crippen molar-refractivity contribution >= 4 is 6.29 Å². The number of nitrogens with zero attached hydrogens (tertiary/aromatic N) is 1. The summed E-state index contributed by atoms with van der Waals surface area (Å²) in [5.41, 5.74) is -0.0248.